The second-order valence-corrected chi connectivity index (χ2v) is 4.01. The minimum Gasteiger partial charge on any atom is -0.386 e. The van der Waals surface area contributed by atoms with Crippen molar-refractivity contribution in [1.82, 2.24) is 0 Å². The van der Waals surface area contributed by atoms with Gasteiger partial charge in [-0.1, -0.05) is 24.3 Å². The number of hydrogen-bond acceptors (Lipinski definition) is 3. The van der Waals surface area contributed by atoms with Crippen molar-refractivity contribution in [1.29, 1.82) is 0 Å². The number of carbonyl (C=O) groups is 1. The third-order valence-electron chi connectivity index (χ3n) is 3.12. The maximum atomic E-state index is 11.9. The molecule has 3 heteroatoms. The number of aliphatic hydroxyl groups is 1. The smallest absolute Gasteiger partial charge is 0.197 e. The molecule has 3 atom stereocenters. The zero-order valence-corrected chi connectivity index (χ0v) is 7.73. The number of carbonyl (C=O) groups excluding carboxylic acids is 1. The number of Topliss-reactive ketones (excluding diaryl/α,β-unsaturated/α-hetero) is 1. The highest BCUT2D eigenvalue weighted by Crippen LogP contribution is 2.50. The highest BCUT2D eigenvalue weighted by atomic mass is 16.6. The average molecular weight is 190 g/mol. The summed E-state index contributed by atoms with van der Waals surface area (Å²) in [6.45, 7) is 1.74. The molecule has 1 aromatic rings. The lowest BCUT2D eigenvalue weighted by molar-refractivity contribution is 0.0876. The summed E-state index contributed by atoms with van der Waals surface area (Å²) >= 11 is 0. The van der Waals surface area contributed by atoms with E-state index < -0.39 is 11.7 Å². The summed E-state index contributed by atoms with van der Waals surface area (Å²) in [5.41, 5.74) is 0.516. The zero-order chi connectivity index (χ0) is 9.92. The van der Waals surface area contributed by atoms with Gasteiger partial charge in [-0.3, -0.25) is 4.79 Å². The SMILES string of the molecule is C[C@]12O[C@H]1[C@@H](O)c1ccccc1C2=O. The van der Waals surface area contributed by atoms with Crippen molar-refractivity contribution in [3.8, 4) is 0 Å². The molecule has 2 aliphatic rings. The van der Waals surface area contributed by atoms with Crippen LogP contribution < -0.4 is 0 Å². The quantitative estimate of drug-likeness (QED) is 0.622. The van der Waals surface area contributed by atoms with Crippen molar-refractivity contribution < 1.29 is 14.6 Å². The number of fused-ring (bicyclic) bond motifs is 2. The van der Waals surface area contributed by atoms with E-state index in [-0.39, 0.29) is 11.9 Å². The predicted octanol–water partition coefficient (Wildman–Crippen LogP) is 1.07. The molecule has 72 valence electrons. The van der Waals surface area contributed by atoms with Crippen molar-refractivity contribution >= 4 is 5.78 Å². The first-order valence-electron chi connectivity index (χ1n) is 4.64. The molecular formula is C11H10O3. The first-order chi connectivity index (χ1) is 6.64. The molecule has 1 N–H and O–H groups in total. The summed E-state index contributed by atoms with van der Waals surface area (Å²) in [7, 11) is 0. The fraction of sp³-hybridized carbons (Fsp3) is 0.364. The van der Waals surface area contributed by atoms with E-state index in [0.717, 1.165) is 0 Å². The fourth-order valence-electron chi connectivity index (χ4n) is 2.17. The lowest BCUT2D eigenvalue weighted by Crippen LogP contribution is -2.32. The van der Waals surface area contributed by atoms with E-state index in [9.17, 15) is 9.90 Å². The molecule has 0 spiro atoms. The average Bonchev–Trinajstić information content (AvgIpc) is 2.89. The van der Waals surface area contributed by atoms with Crippen molar-refractivity contribution in [2.24, 2.45) is 0 Å². The van der Waals surface area contributed by atoms with Gasteiger partial charge in [0.15, 0.2) is 11.4 Å². The minimum atomic E-state index is -0.770. The number of aliphatic hydroxyl groups excluding tert-OH is 1. The lowest BCUT2D eigenvalue weighted by atomic mass is 9.82. The minimum absolute atomic E-state index is 0.0107. The van der Waals surface area contributed by atoms with E-state index in [4.69, 9.17) is 4.74 Å². The second kappa shape index (κ2) is 2.24. The lowest BCUT2D eigenvalue weighted by Gasteiger charge is -2.20. The first kappa shape index (κ1) is 8.15. The molecule has 1 aliphatic heterocycles. The molecule has 3 nitrogen and oxygen atoms in total. The summed E-state index contributed by atoms with van der Waals surface area (Å²) in [6, 6.07) is 7.14. The van der Waals surface area contributed by atoms with Gasteiger partial charge in [0.25, 0.3) is 0 Å². The van der Waals surface area contributed by atoms with Gasteiger partial charge >= 0.3 is 0 Å². The maximum Gasteiger partial charge on any atom is 0.197 e. The third kappa shape index (κ3) is 0.768. The van der Waals surface area contributed by atoms with Gasteiger partial charge in [0.2, 0.25) is 0 Å². The van der Waals surface area contributed by atoms with Crippen LogP contribution in [-0.2, 0) is 4.74 Å². The molecule has 14 heavy (non-hydrogen) atoms. The van der Waals surface area contributed by atoms with Crippen LogP contribution in [0.15, 0.2) is 24.3 Å². The molecule has 0 unspecified atom stereocenters. The molecule has 1 aliphatic carbocycles. The van der Waals surface area contributed by atoms with Gasteiger partial charge in [-0.05, 0) is 12.5 Å². The molecule has 1 aromatic carbocycles. The fourth-order valence-corrected chi connectivity index (χ4v) is 2.17. The van der Waals surface area contributed by atoms with Crippen LogP contribution in [0, 0.1) is 0 Å². The standard InChI is InChI=1S/C11H10O3/c1-11-9(13)7-5-3-2-4-6(7)8(12)10(11)14-11/h2-5,8,10,12H,1H3/t8-,10-,11+/m0/s1. The van der Waals surface area contributed by atoms with E-state index in [2.05, 4.69) is 0 Å². The van der Waals surface area contributed by atoms with E-state index >= 15 is 0 Å². The third-order valence-corrected chi connectivity index (χ3v) is 3.12. The van der Waals surface area contributed by atoms with Crippen LogP contribution in [0.1, 0.15) is 28.9 Å². The van der Waals surface area contributed by atoms with Gasteiger partial charge in [0.05, 0.1) is 0 Å². The van der Waals surface area contributed by atoms with Crippen molar-refractivity contribution in [3.63, 3.8) is 0 Å². The molecule has 0 amide bonds. The van der Waals surface area contributed by atoms with Crippen LogP contribution in [0.4, 0.5) is 0 Å². The Morgan fingerprint density at radius 1 is 1.43 bits per heavy atom. The number of ether oxygens (including phenoxy) is 1. The summed E-state index contributed by atoms with van der Waals surface area (Å²) in [5.74, 6) is -0.0107. The molecule has 3 rings (SSSR count). The Morgan fingerprint density at radius 2 is 2.14 bits per heavy atom. The van der Waals surface area contributed by atoms with E-state index in [0.29, 0.717) is 11.1 Å². The number of rotatable bonds is 0. The molecule has 0 radical (unpaired) electrons. The molecule has 0 saturated carbocycles. The molecule has 1 heterocycles. The molecule has 0 bridgehead atoms. The Kier molecular flexibility index (Phi) is 1.30. The molecule has 1 fully saturated rings. The highest BCUT2D eigenvalue weighted by Gasteiger charge is 2.65. The van der Waals surface area contributed by atoms with Crippen molar-refractivity contribution in [2.75, 3.05) is 0 Å². The predicted molar refractivity (Wildman–Crippen MR) is 49.0 cm³/mol. The van der Waals surface area contributed by atoms with Crippen molar-refractivity contribution in [3.05, 3.63) is 35.4 Å². The van der Waals surface area contributed by atoms with Gasteiger partial charge in [0, 0.05) is 5.56 Å². The number of benzene rings is 1. The number of ketones is 1. The van der Waals surface area contributed by atoms with Crippen LogP contribution >= 0.6 is 0 Å². The Hall–Kier alpha value is -1.19. The van der Waals surface area contributed by atoms with E-state index in [1.165, 1.54) is 0 Å². The van der Waals surface area contributed by atoms with Crippen LogP contribution in [0.25, 0.3) is 0 Å². The Balaban J connectivity index is 2.22. The number of epoxide rings is 1. The monoisotopic (exact) mass is 190 g/mol. The summed E-state index contributed by atoms with van der Waals surface area (Å²) in [5, 5.41) is 9.88. The Morgan fingerprint density at radius 3 is 2.93 bits per heavy atom. The van der Waals surface area contributed by atoms with Gasteiger partial charge in [-0.15, -0.1) is 0 Å². The summed E-state index contributed by atoms with van der Waals surface area (Å²) in [4.78, 5) is 11.9. The first-order valence-corrected chi connectivity index (χ1v) is 4.64. The van der Waals surface area contributed by atoms with Crippen molar-refractivity contribution in [2.45, 2.75) is 24.7 Å². The van der Waals surface area contributed by atoms with Crippen LogP contribution in [-0.4, -0.2) is 22.6 Å². The number of hydrogen-bond donors (Lipinski definition) is 1. The zero-order valence-electron chi connectivity index (χ0n) is 7.73. The van der Waals surface area contributed by atoms with Gasteiger partial charge < -0.3 is 9.84 Å². The molecule has 0 aromatic heterocycles. The molecular weight excluding hydrogens is 180 g/mol. The molecule has 1 saturated heterocycles. The van der Waals surface area contributed by atoms with Crippen LogP contribution in [0.3, 0.4) is 0 Å². The normalized spacial score (nSPS) is 38.9. The summed E-state index contributed by atoms with van der Waals surface area (Å²) < 4.78 is 5.27. The van der Waals surface area contributed by atoms with E-state index in [1.807, 2.05) is 6.07 Å². The summed E-state index contributed by atoms with van der Waals surface area (Å²) in [6.07, 6.45) is -1.00. The van der Waals surface area contributed by atoms with Crippen LogP contribution in [0.5, 0.6) is 0 Å². The maximum absolute atomic E-state index is 11.9. The Bertz CT molecular complexity index is 426. The van der Waals surface area contributed by atoms with Crippen LogP contribution in [0.2, 0.25) is 0 Å². The second-order valence-electron chi connectivity index (χ2n) is 4.01. The Labute approximate surface area is 81.3 Å². The largest absolute Gasteiger partial charge is 0.386 e. The van der Waals surface area contributed by atoms with Gasteiger partial charge in [0.1, 0.15) is 12.2 Å². The topological polar surface area (TPSA) is 49.8 Å². The van der Waals surface area contributed by atoms with E-state index in [1.54, 1.807) is 25.1 Å². The highest BCUT2D eigenvalue weighted by molar-refractivity contribution is 6.07. The van der Waals surface area contributed by atoms with Gasteiger partial charge in [-0.2, -0.15) is 0 Å². The van der Waals surface area contributed by atoms with Gasteiger partial charge in [-0.25, -0.2) is 0 Å².